The number of aliphatic hydroxyl groups is 1. The third kappa shape index (κ3) is 3.11. The molecule has 0 radical (unpaired) electrons. The Balaban J connectivity index is 1.91. The Labute approximate surface area is 105 Å². The molecule has 0 fully saturated rings. The third-order valence-corrected chi connectivity index (χ3v) is 3.36. The first-order valence-electron chi connectivity index (χ1n) is 5.31. The van der Waals surface area contributed by atoms with Gasteiger partial charge in [0.1, 0.15) is 0 Å². The van der Waals surface area contributed by atoms with Crippen LogP contribution in [-0.2, 0) is 0 Å². The van der Waals surface area contributed by atoms with E-state index in [0.29, 0.717) is 5.13 Å². The fraction of sp³-hybridized carbons (Fsp3) is 0.364. The highest BCUT2D eigenvalue weighted by molar-refractivity contribution is 7.22. The fourth-order valence-corrected chi connectivity index (χ4v) is 2.32. The Hall–Kier alpha value is -1.34. The van der Waals surface area contributed by atoms with Gasteiger partial charge in [-0.2, -0.15) is 13.2 Å². The Morgan fingerprint density at radius 1 is 1.33 bits per heavy atom. The minimum Gasteiger partial charge on any atom is -0.384 e. The number of nitrogens with zero attached hydrogens (tertiary/aromatic N) is 1. The number of fused-ring (bicyclic) bond motifs is 1. The molecule has 1 heterocycles. The molecule has 0 saturated carbocycles. The topological polar surface area (TPSA) is 45.1 Å². The molecule has 0 amide bonds. The number of hydrogen-bond acceptors (Lipinski definition) is 4. The number of benzene rings is 1. The highest BCUT2D eigenvalue weighted by atomic mass is 32.1. The van der Waals surface area contributed by atoms with Crippen molar-refractivity contribution in [3.8, 4) is 0 Å². The maximum absolute atomic E-state index is 12.1. The minimum absolute atomic E-state index is 0.0283. The van der Waals surface area contributed by atoms with Gasteiger partial charge in [-0.1, -0.05) is 23.5 Å². The van der Waals surface area contributed by atoms with Gasteiger partial charge in [-0.15, -0.1) is 0 Å². The molecule has 98 valence electrons. The van der Waals surface area contributed by atoms with Crippen molar-refractivity contribution in [1.29, 1.82) is 0 Å². The van der Waals surface area contributed by atoms with E-state index < -0.39 is 12.3 Å². The number of nitrogens with one attached hydrogen (secondary N) is 1. The van der Waals surface area contributed by atoms with Gasteiger partial charge in [0.25, 0.3) is 0 Å². The summed E-state index contributed by atoms with van der Waals surface area (Å²) in [5, 5.41) is 12.2. The predicted octanol–water partition coefficient (Wildman–Crippen LogP) is 3.02. The lowest BCUT2D eigenvalue weighted by molar-refractivity contribution is -0.204. The number of aliphatic hydroxyl groups excluding tert-OH is 1. The maximum Gasteiger partial charge on any atom is 0.414 e. The zero-order chi connectivity index (χ0) is 13.2. The van der Waals surface area contributed by atoms with Gasteiger partial charge in [0.2, 0.25) is 0 Å². The van der Waals surface area contributed by atoms with Crippen LogP contribution in [0.4, 0.5) is 18.3 Å². The number of hydrogen-bond donors (Lipinski definition) is 2. The molecular formula is C11H11F3N2OS. The molecule has 3 nitrogen and oxygen atoms in total. The van der Waals surface area contributed by atoms with Crippen molar-refractivity contribution in [2.45, 2.75) is 18.7 Å². The number of anilines is 1. The van der Waals surface area contributed by atoms with Crippen molar-refractivity contribution in [2.24, 2.45) is 0 Å². The van der Waals surface area contributed by atoms with Gasteiger partial charge in [-0.3, -0.25) is 0 Å². The molecule has 0 aliphatic carbocycles. The lowest BCUT2D eigenvalue weighted by atomic mass is 10.2. The summed E-state index contributed by atoms with van der Waals surface area (Å²) in [6.45, 7) is 0.0283. The number of alkyl halides is 3. The number of aromatic nitrogens is 1. The Kier molecular flexibility index (Phi) is 3.72. The summed E-state index contributed by atoms with van der Waals surface area (Å²) in [5.41, 5.74) is 0.807. The zero-order valence-electron chi connectivity index (χ0n) is 9.24. The quantitative estimate of drug-likeness (QED) is 0.902. The van der Waals surface area contributed by atoms with E-state index in [1.165, 1.54) is 11.3 Å². The molecule has 0 aliphatic rings. The summed E-state index contributed by atoms with van der Waals surface area (Å²) in [4.78, 5) is 4.22. The zero-order valence-corrected chi connectivity index (χ0v) is 10.1. The van der Waals surface area contributed by atoms with Gasteiger partial charge in [0.15, 0.2) is 11.2 Å². The molecule has 18 heavy (non-hydrogen) atoms. The smallest absolute Gasteiger partial charge is 0.384 e. The van der Waals surface area contributed by atoms with E-state index in [0.717, 1.165) is 10.2 Å². The van der Waals surface area contributed by atoms with Crippen molar-refractivity contribution in [3.63, 3.8) is 0 Å². The molecule has 0 unspecified atom stereocenters. The standard InChI is InChI=1S/C11H11F3N2OS/c12-11(13,14)9(17)5-6-15-10-16-7-3-1-2-4-8(7)18-10/h1-4,9,17H,5-6H2,(H,15,16)/t9-/m1/s1. The van der Waals surface area contributed by atoms with E-state index in [-0.39, 0.29) is 13.0 Å². The Morgan fingerprint density at radius 3 is 2.72 bits per heavy atom. The average Bonchev–Trinajstić information content (AvgIpc) is 2.70. The average molecular weight is 276 g/mol. The third-order valence-electron chi connectivity index (χ3n) is 2.37. The van der Waals surface area contributed by atoms with E-state index >= 15 is 0 Å². The van der Waals surface area contributed by atoms with Gasteiger partial charge >= 0.3 is 6.18 Å². The van der Waals surface area contributed by atoms with Crippen LogP contribution in [0.3, 0.4) is 0 Å². The van der Waals surface area contributed by atoms with Crippen molar-refractivity contribution in [3.05, 3.63) is 24.3 Å². The van der Waals surface area contributed by atoms with Gasteiger partial charge in [0, 0.05) is 6.54 Å². The minimum atomic E-state index is -4.56. The second-order valence-corrected chi connectivity index (χ2v) is 4.79. The summed E-state index contributed by atoms with van der Waals surface area (Å²) in [7, 11) is 0. The van der Waals surface area contributed by atoms with Crippen molar-refractivity contribution >= 4 is 26.7 Å². The normalized spacial score (nSPS) is 13.8. The van der Waals surface area contributed by atoms with E-state index in [2.05, 4.69) is 10.3 Å². The maximum atomic E-state index is 12.1. The molecule has 2 rings (SSSR count). The predicted molar refractivity (Wildman–Crippen MR) is 64.8 cm³/mol. The number of rotatable bonds is 4. The van der Waals surface area contributed by atoms with Crippen molar-refractivity contribution < 1.29 is 18.3 Å². The van der Waals surface area contributed by atoms with Crippen LogP contribution in [0.15, 0.2) is 24.3 Å². The molecule has 1 aromatic heterocycles. The first kappa shape index (κ1) is 13.1. The molecule has 2 aromatic rings. The second kappa shape index (κ2) is 5.11. The Morgan fingerprint density at radius 2 is 2.06 bits per heavy atom. The van der Waals surface area contributed by atoms with Crippen LogP contribution >= 0.6 is 11.3 Å². The number of thiazole rings is 1. The molecule has 0 saturated heterocycles. The lowest BCUT2D eigenvalue weighted by Gasteiger charge is -2.14. The fourth-order valence-electron chi connectivity index (χ4n) is 1.43. The summed E-state index contributed by atoms with van der Waals surface area (Å²) < 4.78 is 37.1. The first-order chi connectivity index (χ1) is 8.47. The van der Waals surface area contributed by atoms with Crippen molar-refractivity contribution in [2.75, 3.05) is 11.9 Å². The van der Waals surface area contributed by atoms with Crippen molar-refractivity contribution in [1.82, 2.24) is 4.98 Å². The summed E-state index contributed by atoms with van der Waals surface area (Å²) in [6.07, 6.45) is -7.24. The SMILES string of the molecule is O[C@H](CCNc1nc2ccccc2s1)C(F)(F)F. The van der Waals surface area contributed by atoms with Crippen LogP contribution in [0, 0.1) is 0 Å². The van der Waals surface area contributed by atoms with Gasteiger partial charge in [0.05, 0.1) is 10.2 Å². The van der Waals surface area contributed by atoms with Gasteiger partial charge < -0.3 is 10.4 Å². The molecule has 0 bridgehead atoms. The van der Waals surface area contributed by atoms with Gasteiger partial charge in [-0.25, -0.2) is 4.98 Å². The van der Waals surface area contributed by atoms with E-state index in [1.54, 1.807) is 0 Å². The highest BCUT2D eigenvalue weighted by Gasteiger charge is 2.37. The second-order valence-electron chi connectivity index (χ2n) is 3.76. The highest BCUT2D eigenvalue weighted by Crippen LogP contribution is 2.26. The first-order valence-corrected chi connectivity index (χ1v) is 6.12. The van der Waals surface area contributed by atoms with E-state index in [4.69, 9.17) is 5.11 Å². The molecule has 2 N–H and O–H groups in total. The number of para-hydroxylation sites is 1. The largest absolute Gasteiger partial charge is 0.414 e. The molecule has 0 spiro atoms. The van der Waals surface area contributed by atoms with E-state index in [1.807, 2.05) is 24.3 Å². The van der Waals surface area contributed by atoms with Gasteiger partial charge in [-0.05, 0) is 18.6 Å². The van der Waals surface area contributed by atoms with Crippen LogP contribution in [0.5, 0.6) is 0 Å². The molecule has 1 aromatic carbocycles. The summed E-state index contributed by atoms with van der Waals surface area (Å²) >= 11 is 1.37. The van der Waals surface area contributed by atoms with Crippen LogP contribution < -0.4 is 5.32 Å². The summed E-state index contributed by atoms with van der Waals surface area (Å²) in [5.74, 6) is 0. The summed E-state index contributed by atoms with van der Waals surface area (Å²) in [6, 6.07) is 7.45. The van der Waals surface area contributed by atoms with Crippen LogP contribution in [0.2, 0.25) is 0 Å². The molecule has 1 atom stereocenters. The van der Waals surface area contributed by atoms with E-state index in [9.17, 15) is 13.2 Å². The molecular weight excluding hydrogens is 265 g/mol. The number of halogens is 3. The monoisotopic (exact) mass is 276 g/mol. The molecule has 0 aliphatic heterocycles. The van der Waals surface area contributed by atoms with Crippen LogP contribution in [0.1, 0.15) is 6.42 Å². The van der Waals surface area contributed by atoms with Crippen LogP contribution in [-0.4, -0.2) is 28.9 Å². The lowest BCUT2D eigenvalue weighted by Crippen LogP contribution is -2.30. The van der Waals surface area contributed by atoms with Crippen LogP contribution in [0.25, 0.3) is 10.2 Å². The Bertz CT molecular complexity index is 493. The molecule has 7 heteroatoms.